The molecule has 1 atom stereocenters. The Balaban J connectivity index is 1.93. The first-order chi connectivity index (χ1) is 9.49. The summed E-state index contributed by atoms with van der Waals surface area (Å²) in [5, 5.41) is 0. The van der Waals surface area contributed by atoms with Crippen molar-refractivity contribution in [1.29, 1.82) is 0 Å². The van der Waals surface area contributed by atoms with Crippen molar-refractivity contribution < 1.29 is 17.5 Å². The van der Waals surface area contributed by atoms with Gasteiger partial charge in [0.15, 0.2) is 0 Å². The Hall–Kier alpha value is -1.18. The summed E-state index contributed by atoms with van der Waals surface area (Å²) >= 11 is 0. The number of nitrogens with two attached hydrogens (primary N) is 1. The third-order valence-electron chi connectivity index (χ3n) is 3.29. The SMILES string of the molecule is Nc1cc(F)ccc1S(=O)(=O)NCCC1CCCCO1. The maximum atomic E-state index is 12.9. The van der Waals surface area contributed by atoms with E-state index in [0.29, 0.717) is 6.42 Å². The van der Waals surface area contributed by atoms with Crippen molar-refractivity contribution in [2.24, 2.45) is 0 Å². The van der Waals surface area contributed by atoms with Crippen molar-refractivity contribution in [2.75, 3.05) is 18.9 Å². The molecule has 0 aliphatic carbocycles. The molecule has 1 unspecified atom stereocenters. The van der Waals surface area contributed by atoms with Crippen molar-refractivity contribution >= 4 is 15.7 Å². The Kier molecular flexibility index (Phi) is 4.95. The number of nitrogen functional groups attached to an aromatic ring is 1. The van der Waals surface area contributed by atoms with E-state index >= 15 is 0 Å². The second-order valence-electron chi connectivity index (χ2n) is 4.86. The lowest BCUT2D eigenvalue weighted by Gasteiger charge is -2.22. The predicted octanol–water partition coefficient (Wildman–Crippen LogP) is 1.65. The Morgan fingerprint density at radius 3 is 2.85 bits per heavy atom. The fourth-order valence-electron chi connectivity index (χ4n) is 2.23. The first-order valence-corrected chi connectivity index (χ1v) is 8.13. The largest absolute Gasteiger partial charge is 0.398 e. The topological polar surface area (TPSA) is 81.4 Å². The lowest BCUT2D eigenvalue weighted by atomic mass is 10.1. The number of ether oxygens (including phenoxy) is 1. The van der Waals surface area contributed by atoms with E-state index in [1.54, 1.807) is 0 Å². The molecule has 1 aliphatic heterocycles. The molecule has 112 valence electrons. The lowest BCUT2D eigenvalue weighted by Crippen LogP contribution is -2.30. The van der Waals surface area contributed by atoms with Gasteiger partial charge < -0.3 is 10.5 Å². The predicted molar refractivity (Wildman–Crippen MR) is 74.2 cm³/mol. The number of nitrogens with one attached hydrogen (secondary N) is 1. The smallest absolute Gasteiger partial charge is 0.242 e. The van der Waals surface area contributed by atoms with E-state index in [1.165, 1.54) is 6.07 Å². The van der Waals surface area contributed by atoms with E-state index in [1.807, 2.05) is 0 Å². The Morgan fingerprint density at radius 1 is 1.40 bits per heavy atom. The molecule has 1 fully saturated rings. The van der Waals surface area contributed by atoms with Gasteiger partial charge in [-0.2, -0.15) is 0 Å². The monoisotopic (exact) mass is 302 g/mol. The number of sulfonamides is 1. The molecule has 0 spiro atoms. The van der Waals surface area contributed by atoms with Crippen LogP contribution in [0.2, 0.25) is 0 Å². The summed E-state index contributed by atoms with van der Waals surface area (Å²) in [6, 6.07) is 3.25. The Labute approximate surface area is 118 Å². The normalized spacial score (nSPS) is 19.9. The van der Waals surface area contributed by atoms with Crippen molar-refractivity contribution in [2.45, 2.75) is 36.7 Å². The molecule has 0 bridgehead atoms. The van der Waals surface area contributed by atoms with Crippen LogP contribution in [0.15, 0.2) is 23.1 Å². The van der Waals surface area contributed by atoms with E-state index in [0.717, 1.165) is 38.0 Å². The average Bonchev–Trinajstić information content (AvgIpc) is 2.39. The molecule has 0 aromatic heterocycles. The number of benzene rings is 1. The van der Waals surface area contributed by atoms with Crippen LogP contribution >= 0.6 is 0 Å². The molecule has 5 nitrogen and oxygen atoms in total. The van der Waals surface area contributed by atoms with Crippen LogP contribution in [0.25, 0.3) is 0 Å². The van der Waals surface area contributed by atoms with Gasteiger partial charge in [0.25, 0.3) is 0 Å². The Bertz CT molecular complexity index is 557. The number of anilines is 1. The number of hydrogen-bond donors (Lipinski definition) is 2. The van der Waals surface area contributed by atoms with Crippen LogP contribution in [0.1, 0.15) is 25.7 Å². The molecule has 0 amide bonds. The maximum Gasteiger partial charge on any atom is 0.242 e. The number of hydrogen-bond acceptors (Lipinski definition) is 4. The van der Waals surface area contributed by atoms with Crippen molar-refractivity contribution in [3.05, 3.63) is 24.0 Å². The van der Waals surface area contributed by atoms with Gasteiger partial charge >= 0.3 is 0 Å². The van der Waals surface area contributed by atoms with Crippen LogP contribution in [0.4, 0.5) is 10.1 Å². The van der Waals surface area contributed by atoms with Gasteiger partial charge in [-0.15, -0.1) is 0 Å². The van der Waals surface area contributed by atoms with Crippen LogP contribution in [0, 0.1) is 5.82 Å². The van der Waals surface area contributed by atoms with Gasteiger partial charge in [-0.25, -0.2) is 17.5 Å². The molecule has 1 heterocycles. The third kappa shape index (κ3) is 3.91. The van der Waals surface area contributed by atoms with Gasteiger partial charge in [0.05, 0.1) is 11.8 Å². The van der Waals surface area contributed by atoms with Crippen LogP contribution in [0.3, 0.4) is 0 Å². The fourth-order valence-corrected chi connectivity index (χ4v) is 3.39. The first kappa shape index (κ1) is 15.2. The van der Waals surface area contributed by atoms with Crippen molar-refractivity contribution in [3.8, 4) is 0 Å². The molecule has 20 heavy (non-hydrogen) atoms. The number of rotatable bonds is 5. The highest BCUT2D eigenvalue weighted by Gasteiger charge is 2.19. The quantitative estimate of drug-likeness (QED) is 0.810. The standard InChI is InChI=1S/C13H19FN2O3S/c14-10-4-5-13(12(15)9-10)20(17,18)16-7-6-11-3-1-2-8-19-11/h4-5,9,11,16H,1-3,6-8,15H2. The van der Waals surface area contributed by atoms with Crippen molar-refractivity contribution in [1.82, 2.24) is 4.72 Å². The third-order valence-corrected chi connectivity index (χ3v) is 4.83. The second kappa shape index (κ2) is 6.51. The molecule has 1 saturated heterocycles. The summed E-state index contributed by atoms with van der Waals surface area (Å²) in [5.41, 5.74) is 5.45. The average molecular weight is 302 g/mol. The van der Waals surface area contributed by atoms with Gasteiger partial charge in [-0.05, 0) is 43.9 Å². The first-order valence-electron chi connectivity index (χ1n) is 6.65. The zero-order chi connectivity index (χ0) is 14.6. The molecule has 3 N–H and O–H groups in total. The minimum absolute atomic E-state index is 0.0913. The molecule has 1 aromatic rings. The summed E-state index contributed by atoms with van der Waals surface area (Å²) in [4.78, 5) is -0.0940. The summed E-state index contributed by atoms with van der Waals surface area (Å²) in [5.74, 6) is -0.558. The van der Waals surface area contributed by atoms with E-state index < -0.39 is 15.8 Å². The van der Waals surface area contributed by atoms with E-state index in [9.17, 15) is 12.8 Å². The van der Waals surface area contributed by atoms with Crippen LogP contribution in [-0.4, -0.2) is 27.7 Å². The Morgan fingerprint density at radius 2 is 2.20 bits per heavy atom. The van der Waals surface area contributed by atoms with Crippen LogP contribution < -0.4 is 10.5 Å². The maximum absolute atomic E-state index is 12.9. The van der Waals surface area contributed by atoms with E-state index in [4.69, 9.17) is 10.5 Å². The molecule has 0 saturated carbocycles. The molecule has 1 aromatic carbocycles. The summed E-state index contributed by atoms with van der Waals surface area (Å²) < 4.78 is 45.0. The van der Waals surface area contributed by atoms with E-state index in [2.05, 4.69) is 4.72 Å². The lowest BCUT2D eigenvalue weighted by molar-refractivity contribution is 0.0123. The fraction of sp³-hybridized carbons (Fsp3) is 0.538. The van der Waals surface area contributed by atoms with E-state index in [-0.39, 0.29) is 23.2 Å². The molecular formula is C13H19FN2O3S. The van der Waals surface area contributed by atoms with Gasteiger partial charge in [-0.3, -0.25) is 0 Å². The summed E-state index contributed by atoms with van der Waals surface area (Å²) in [6.07, 6.45) is 3.87. The zero-order valence-electron chi connectivity index (χ0n) is 11.1. The second-order valence-corrected chi connectivity index (χ2v) is 6.59. The van der Waals surface area contributed by atoms with Gasteiger partial charge in [0, 0.05) is 13.2 Å². The van der Waals surface area contributed by atoms with Gasteiger partial charge in [-0.1, -0.05) is 0 Å². The summed E-state index contributed by atoms with van der Waals surface area (Å²) in [6.45, 7) is 1.02. The molecule has 2 rings (SSSR count). The van der Waals surface area contributed by atoms with Crippen molar-refractivity contribution in [3.63, 3.8) is 0 Å². The molecule has 1 aliphatic rings. The van der Waals surface area contributed by atoms with Crippen LogP contribution in [-0.2, 0) is 14.8 Å². The highest BCUT2D eigenvalue weighted by molar-refractivity contribution is 7.89. The van der Waals surface area contributed by atoms with Gasteiger partial charge in [0.2, 0.25) is 10.0 Å². The highest BCUT2D eigenvalue weighted by atomic mass is 32.2. The van der Waals surface area contributed by atoms with Gasteiger partial charge in [0.1, 0.15) is 10.7 Å². The van der Waals surface area contributed by atoms with Crippen LogP contribution in [0.5, 0.6) is 0 Å². The number of halogens is 1. The zero-order valence-corrected chi connectivity index (χ0v) is 12.0. The minimum Gasteiger partial charge on any atom is -0.398 e. The molecular weight excluding hydrogens is 283 g/mol. The molecule has 0 radical (unpaired) electrons. The highest BCUT2D eigenvalue weighted by Crippen LogP contribution is 2.19. The summed E-state index contributed by atoms with van der Waals surface area (Å²) in [7, 11) is -3.71. The molecule has 7 heteroatoms. The minimum atomic E-state index is -3.71.